The minimum atomic E-state index is 0.152. The van der Waals surface area contributed by atoms with Crippen molar-refractivity contribution in [3.8, 4) is 0 Å². The number of hydrogen-bond donors (Lipinski definition) is 1. The summed E-state index contributed by atoms with van der Waals surface area (Å²) in [5.41, 5.74) is 0. The van der Waals surface area contributed by atoms with Crippen molar-refractivity contribution in [1.29, 1.82) is 0 Å². The first kappa shape index (κ1) is 12.8. The van der Waals surface area contributed by atoms with Crippen molar-refractivity contribution in [2.75, 3.05) is 5.88 Å². The third kappa shape index (κ3) is 4.87. The molecule has 15 heavy (non-hydrogen) atoms. The predicted octanol–water partition coefficient (Wildman–Crippen LogP) is 2.95. The Morgan fingerprint density at radius 1 is 1.47 bits per heavy atom. The summed E-state index contributed by atoms with van der Waals surface area (Å²) in [7, 11) is 0. The fourth-order valence-electron chi connectivity index (χ4n) is 1.98. The fourth-order valence-corrected chi connectivity index (χ4v) is 2.18. The topological polar surface area (TPSA) is 29.1 Å². The van der Waals surface area contributed by atoms with Crippen molar-refractivity contribution in [1.82, 2.24) is 5.32 Å². The number of carbonyl (C=O) groups excluding carboxylic acids is 1. The number of nitrogens with one attached hydrogen (secondary N) is 1. The summed E-state index contributed by atoms with van der Waals surface area (Å²) in [5, 5.41) is 3.03. The summed E-state index contributed by atoms with van der Waals surface area (Å²) in [6.45, 7) is 4.30. The van der Waals surface area contributed by atoms with E-state index in [1.165, 1.54) is 19.3 Å². The van der Waals surface area contributed by atoms with Crippen LogP contribution in [0.25, 0.3) is 0 Å². The van der Waals surface area contributed by atoms with Crippen LogP contribution in [0.2, 0.25) is 0 Å². The van der Waals surface area contributed by atoms with Gasteiger partial charge in [-0.05, 0) is 31.1 Å². The van der Waals surface area contributed by atoms with Gasteiger partial charge in [0.15, 0.2) is 0 Å². The van der Waals surface area contributed by atoms with Gasteiger partial charge in [-0.3, -0.25) is 4.79 Å². The van der Waals surface area contributed by atoms with Crippen LogP contribution in [-0.2, 0) is 4.79 Å². The molecule has 1 amide bonds. The van der Waals surface area contributed by atoms with Crippen LogP contribution in [0.4, 0.5) is 0 Å². The molecular weight excluding hydrogens is 210 g/mol. The zero-order chi connectivity index (χ0) is 11.3. The third-order valence-electron chi connectivity index (χ3n) is 3.01. The molecule has 0 aromatic heterocycles. The molecule has 0 heterocycles. The highest BCUT2D eigenvalue weighted by atomic mass is 35.5. The Kier molecular flexibility index (Phi) is 5.44. The van der Waals surface area contributed by atoms with Crippen molar-refractivity contribution in [2.45, 2.75) is 52.0 Å². The summed E-state index contributed by atoms with van der Waals surface area (Å²) in [4.78, 5) is 11.6. The van der Waals surface area contributed by atoms with Crippen LogP contribution >= 0.6 is 11.6 Å². The SMILES string of the molecule is CC(C)CC(CCl)NC(=O)CC1CCC1. The molecule has 1 aliphatic rings. The van der Waals surface area contributed by atoms with Gasteiger partial charge in [0.2, 0.25) is 5.91 Å². The van der Waals surface area contributed by atoms with Crippen LogP contribution in [0.15, 0.2) is 0 Å². The zero-order valence-electron chi connectivity index (χ0n) is 9.76. The maximum Gasteiger partial charge on any atom is 0.220 e. The molecule has 1 aliphatic carbocycles. The van der Waals surface area contributed by atoms with Crippen LogP contribution in [0.3, 0.4) is 0 Å². The van der Waals surface area contributed by atoms with E-state index >= 15 is 0 Å². The van der Waals surface area contributed by atoms with Crippen LogP contribution in [-0.4, -0.2) is 17.8 Å². The summed E-state index contributed by atoms with van der Waals surface area (Å²) in [5.74, 6) is 1.93. The van der Waals surface area contributed by atoms with Gasteiger partial charge >= 0.3 is 0 Å². The molecule has 0 saturated heterocycles. The molecule has 88 valence electrons. The second kappa shape index (κ2) is 6.37. The molecule has 0 aromatic carbocycles. The molecule has 1 rings (SSSR count). The highest BCUT2D eigenvalue weighted by Crippen LogP contribution is 2.29. The van der Waals surface area contributed by atoms with Crippen LogP contribution in [0.5, 0.6) is 0 Å². The summed E-state index contributed by atoms with van der Waals surface area (Å²) in [6.07, 6.45) is 5.42. The first-order chi connectivity index (χ1) is 7.11. The second-order valence-corrected chi connectivity index (χ2v) is 5.36. The van der Waals surface area contributed by atoms with Crippen molar-refractivity contribution in [3.63, 3.8) is 0 Å². The molecule has 1 saturated carbocycles. The second-order valence-electron chi connectivity index (χ2n) is 5.05. The van der Waals surface area contributed by atoms with Gasteiger partial charge in [-0.2, -0.15) is 0 Å². The largest absolute Gasteiger partial charge is 0.352 e. The van der Waals surface area contributed by atoms with Gasteiger partial charge in [-0.25, -0.2) is 0 Å². The third-order valence-corrected chi connectivity index (χ3v) is 3.38. The monoisotopic (exact) mass is 231 g/mol. The highest BCUT2D eigenvalue weighted by Gasteiger charge is 2.22. The standard InChI is InChI=1S/C12H22ClNO/c1-9(2)6-11(8-13)14-12(15)7-10-4-3-5-10/h9-11H,3-8H2,1-2H3,(H,14,15). The Balaban J connectivity index is 2.20. The normalized spacial score (nSPS) is 18.7. The number of carbonyl (C=O) groups is 1. The molecule has 0 spiro atoms. The summed E-state index contributed by atoms with van der Waals surface area (Å²) >= 11 is 5.83. The molecule has 1 atom stereocenters. The average molecular weight is 232 g/mol. The molecular formula is C12H22ClNO. The number of alkyl halides is 1. The first-order valence-electron chi connectivity index (χ1n) is 5.97. The van der Waals surface area contributed by atoms with E-state index in [2.05, 4.69) is 19.2 Å². The maximum atomic E-state index is 11.6. The van der Waals surface area contributed by atoms with Gasteiger partial charge in [0, 0.05) is 18.3 Å². The van der Waals surface area contributed by atoms with Gasteiger partial charge in [0.1, 0.15) is 0 Å². The Hall–Kier alpha value is -0.240. The predicted molar refractivity (Wildman–Crippen MR) is 64.1 cm³/mol. The van der Waals surface area contributed by atoms with E-state index in [9.17, 15) is 4.79 Å². The van der Waals surface area contributed by atoms with E-state index in [0.29, 0.717) is 24.1 Å². The Bertz CT molecular complexity index is 202. The van der Waals surface area contributed by atoms with Gasteiger partial charge in [-0.15, -0.1) is 11.6 Å². The van der Waals surface area contributed by atoms with E-state index in [0.717, 1.165) is 6.42 Å². The molecule has 0 aromatic rings. The summed E-state index contributed by atoms with van der Waals surface area (Å²) < 4.78 is 0. The molecule has 1 unspecified atom stereocenters. The van der Waals surface area contributed by atoms with Crippen molar-refractivity contribution in [2.24, 2.45) is 11.8 Å². The Morgan fingerprint density at radius 3 is 2.53 bits per heavy atom. The van der Waals surface area contributed by atoms with Crippen LogP contribution in [0.1, 0.15) is 46.0 Å². The molecule has 2 nitrogen and oxygen atoms in total. The average Bonchev–Trinajstić information content (AvgIpc) is 2.09. The van der Waals surface area contributed by atoms with E-state index in [1.54, 1.807) is 0 Å². The number of hydrogen-bond acceptors (Lipinski definition) is 1. The maximum absolute atomic E-state index is 11.6. The zero-order valence-corrected chi connectivity index (χ0v) is 10.5. The fraction of sp³-hybridized carbons (Fsp3) is 0.917. The lowest BCUT2D eigenvalue weighted by atomic mass is 9.83. The number of rotatable bonds is 6. The molecule has 0 aliphatic heterocycles. The van der Waals surface area contributed by atoms with E-state index in [4.69, 9.17) is 11.6 Å². The lowest BCUT2D eigenvalue weighted by Gasteiger charge is -2.26. The van der Waals surface area contributed by atoms with Crippen molar-refractivity contribution in [3.05, 3.63) is 0 Å². The molecule has 1 fully saturated rings. The van der Waals surface area contributed by atoms with Gasteiger partial charge in [-0.1, -0.05) is 20.3 Å². The van der Waals surface area contributed by atoms with Crippen LogP contribution < -0.4 is 5.32 Å². The summed E-state index contributed by atoms with van der Waals surface area (Å²) in [6, 6.07) is 0.152. The number of amides is 1. The van der Waals surface area contributed by atoms with Gasteiger partial charge in [0.05, 0.1) is 0 Å². The highest BCUT2D eigenvalue weighted by molar-refractivity contribution is 6.18. The Labute approximate surface area is 97.8 Å². The molecule has 0 bridgehead atoms. The van der Waals surface area contributed by atoms with Crippen molar-refractivity contribution >= 4 is 17.5 Å². The van der Waals surface area contributed by atoms with Gasteiger partial charge in [0.25, 0.3) is 0 Å². The minimum absolute atomic E-state index is 0.152. The van der Waals surface area contributed by atoms with E-state index < -0.39 is 0 Å². The molecule has 3 heteroatoms. The quantitative estimate of drug-likeness (QED) is 0.700. The van der Waals surface area contributed by atoms with Crippen molar-refractivity contribution < 1.29 is 4.79 Å². The Morgan fingerprint density at radius 2 is 2.13 bits per heavy atom. The minimum Gasteiger partial charge on any atom is -0.352 e. The van der Waals surface area contributed by atoms with E-state index in [1.807, 2.05) is 0 Å². The number of halogens is 1. The lowest BCUT2D eigenvalue weighted by Crippen LogP contribution is -2.38. The van der Waals surface area contributed by atoms with E-state index in [-0.39, 0.29) is 11.9 Å². The smallest absolute Gasteiger partial charge is 0.220 e. The lowest BCUT2D eigenvalue weighted by molar-refractivity contribution is -0.123. The first-order valence-corrected chi connectivity index (χ1v) is 6.50. The molecule has 1 N–H and O–H groups in total. The van der Waals surface area contributed by atoms with Gasteiger partial charge < -0.3 is 5.32 Å². The van der Waals surface area contributed by atoms with Crippen LogP contribution in [0, 0.1) is 11.8 Å². The molecule has 0 radical (unpaired) electrons.